The molecule has 7 atom stereocenters. The molecule has 25 heavy (non-hydrogen) atoms. The summed E-state index contributed by atoms with van der Waals surface area (Å²) in [6.07, 6.45) is 7.73. The van der Waals surface area contributed by atoms with Crippen molar-refractivity contribution in [3.05, 3.63) is 0 Å². The van der Waals surface area contributed by atoms with Gasteiger partial charge in [-0.2, -0.15) is 0 Å². The highest BCUT2D eigenvalue weighted by atomic mass is 16.6. The van der Waals surface area contributed by atoms with Gasteiger partial charge in [0.2, 0.25) is 0 Å². The lowest BCUT2D eigenvalue weighted by molar-refractivity contribution is -0.194. The molecule has 0 aromatic rings. The summed E-state index contributed by atoms with van der Waals surface area (Å²) in [4.78, 5) is 13.5. The Bertz CT molecular complexity index is 587. The van der Waals surface area contributed by atoms with Crippen LogP contribution in [0.4, 0.5) is 0 Å². The first kappa shape index (κ1) is 17.9. The van der Waals surface area contributed by atoms with E-state index in [1.807, 2.05) is 0 Å². The Kier molecular flexibility index (Phi) is 3.60. The second-order valence-electron chi connectivity index (χ2n) is 12.0. The summed E-state index contributed by atoms with van der Waals surface area (Å²) in [5.74, 6) is 3.48. The number of hydrogen-bond donors (Lipinski definition) is 0. The molecule has 0 radical (unpaired) electrons. The second kappa shape index (κ2) is 5.04. The Balaban J connectivity index is 1.58. The molecule has 3 bridgehead atoms. The van der Waals surface area contributed by atoms with Gasteiger partial charge < -0.3 is 4.74 Å². The number of carbonyl (C=O) groups excluding carboxylic acids is 1. The Morgan fingerprint density at radius 2 is 1.72 bits per heavy atom. The van der Waals surface area contributed by atoms with E-state index in [9.17, 15) is 4.79 Å². The van der Waals surface area contributed by atoms with Crippen molar-refractivity contribution in [3.63, 3.8) is 0 Å². The van der Waals surface area contributed by atoms with Gasteiger partial charge in [-0.3, -0.25) is 4.79 Å². The van der Waals surface area contributed by atoms with E-state index in [0.29, 0.717) is 23.2 Å². The van der Waals surface area contributed by atoms with E-state index in [4.69, 9.17) is 4.74 Å². The molecule has 4 rings (SSSR count). The number of hydrogen-bond acceptors (Lipinski definition) is 2. The quantitative estimate of drug-likeness (QED) is 0.597. The Morgan fingerprint density at radius 1 is 1.08 bits per heavy atom. The number of fused-ring (bicyclic) bond motifs is 2. The Hall–Kier alpha value is -0.530. The fourth-order valence-electron chi connectivity index (χ4n) is 7.67. The lowest BCUT2D eigenvalue weighted by Gasteiger charge is -2.53. The predicted molar refractivity (Wildman–Crippen MR) is 101 cm³/mol. The van der Waals surface area contributed by atoms with Crippen LogP contribution in [-0.2, 0) is 9.53 Å². The van der Waals surface area contributed by atoms with Gasteiger partial charge in [-0.15, -0.1) is 0 Å². The zero-order chi connectivity index (χ0) is 18.4. The van der Waals surface area contributed by atoms with Crippen LogP contribution >= 0.6 is 0 Å². The van der Waals surface area contributed by atoms with Crippen LogP contribution < -0.4 is 0 Å². The van der Waals surface area contributed by atoms with E-state index in [0.717, 1.165) is 18.3 Å². The Morgan fingerprint density at radius 3 is 2.32 bits per heavy atom. The lowest BCUT2D eigenvalue weighted by atomic mass is 9.54. The van der Waals surface area contributed by atoms with Crippen LogP contribution in [0.5, 0.6) is 0 Å². The molecule has 0 aromatic heterocycles. The van der Waals surface area contributed by atoms with Crippen molar-refractivity contribution in [1.29, 1.82) is 0 Å². The molecule has 0 heterocycles. The summed E-state index contributed by atoms with van der Waals surface area (Å²) >= 11 is 0. The molecule has 0 amide bonds. The van der Waals surface area contributed by atoms with Crippen molar-refractivity contribution in [3.8, 4) is 0 Å². The van der Waals surface area contributed by atoms with Crippen LogP contribution in [0.1, 0.15) is 87.0 Å². The molecule has 0 aliphatic heterocycles. The van der Waals surface area contributed by atoms with Gasteiger partial charge in [0.1, 0.15) is 5.60 Å². The molecule has 0 saturated heterocycles. The van der Waals surface area contributed by atoms with E-state index >= 15 is 0 Å². The standard InChI is InChI=1S/C23H38O2/c1-14(2)21(6,13-20(3,4)5)19(24)25-22(7)17-9-15-8-16-10-18(22)23(16,11-15)12-17/h14-18H,8-13H2,1-7H3. The maximum absolute atomic E-state index is 13.5. The number of esters is 1. The van der Waals surface area contributed by atoms with E-state index < -0.39 is 5.41 Å². The van der Waals surface area contributed by atoms with Crippen molar-refractivity contribution < 1.29 is 9.53 Å². The molecule has 7 unspecified atom stereocenters. The van der Waals surface area contributed by atoms with Gasteiger partial charge in [0.25, 0.3) is 0 Å². The van der Waals surface area contributed by atoms with Crippen molar-refractivity contribution >= 4 is 5.97 Å². The molecule has 4 fully saturated rings. The third-order valence-electron chi connectivity index (χ3n) is 9.01. The van der Waals surface area contributed by atoms with Crippen LogP contribution in [0.15, 0.2) is 0 Å². The van der Waals surface area contributed by atoms with Gasteiger partial charge >= 0.3 is 5.97 Å². The molecule has 4 aliphatic rings. The van der Waals surface area contributed by atoms with Gasteiger partial charge in [-0.05, 0) is 86.9 Å². The summed E-state index contributed by atoms with van der Waals surface area (Å²) in [6.45, 7) is 15.5. The number of rotatable bonds is 4. The van der Waals surface area contributed by atoms with Crippen LogP contribution in [0.25, 0.3) is 0 Å². The molecular weight excluding hydrogens is 308 g/mol. The normalized spacial score (nSPS) is 46.7. The molecule has 2 nitrogen and oxygen atoms in total. The summed E-state index contributed by atoms with van der Waals surface area (Å²) < 4.78 is 6.54. The predicted octanol–water partition coefficient (Wildman–Crippen LogP) is 5.84. The largest absolute Gasteiger partial charge is 0.458 e. The lowest BCUT2D eigenvalue weighted by Crippen LogP contribution is -2.54. The molecular formula is C23H38O2. The molecule has 1 spiro atoms. The van der Waals surface area contributed by atoms with Gasteiger partial charge in [-0.25, -0.2) is 0 Å². The van der Waals surface area contributed by atoms with E-state index in [-0.39, 0.29) is 17.0 Å². The zero-order valence-electron chi connectivity index (χ0n) is 17.4. The van der Waals surface area contributed by atoms with Crippen LogP contribution in [0.3, 0.4) is 0 Å². The minimum absolute atomic E-state index is 0.0724. The molecule has 2 heteroatoms. The second-order valence-corrected chi connectivity index (χ2v) is 12.0. The van der Waals surface area contributed by atoms with Crippen LogP contribution in [-0.4, -0.2) is 11.6 Å². The first-order chi connectivity index (χ1) is 11.4. The van der Waals surface area contributed by atoms with E-state index in [2.05, 4.69) is 48.5 Å². The highest BCUT2D eigenvalue weighted by molar-refractivity contribution is 5.77. The molecule has 4 saturated carbocycles. The molecule has 0 N–H and O–H groups in total. The van der Waals surface area contributed by atoms with Crippen LogP contribution in [0.2, 0.25) is 0 Å². The summed E-state index contributed by atoms with van der Waals surface area (Å²) in [6, 6.07) is 0. The molecule has 4 aliphatic carbocycles. The zero-order valence-corrected chi connectivity index (χ0v) is 17.4. The fourth-order valence-corrected chi connectivity index (χ4v) is 7.67. The van der Waals surface area contributed by atoms with Crippen molar-refractivity contribution in [2.24, 2.45) is 45.8 Å². The Labute approximate surface area is 154 Å². The van der Waals surface area contributed by atoms with Crippen molar-refractivity contribution in [2.45, 2.75) is 92.6 Å². The van der Waals surface area contributed by atoms with Gasteiger partial charge in [0, 0.05) is 5.92 Å². The number of ether oxygens (including phenoxy) is 1. The van der Waals surface area contributed by atoms with Crippen LogP contribution in [0, 0.1) is 45.8 Å². The minimum Gasteiger partial charge on any atom is -0.458 e. The average Bonchev–Trinajstić information content (AvgIpc) is 2.72. The maximum Gasteiger partial charge on any atom is 0.312 e. The average molecular weight is 347 g/mol. The molecule has 142 valence electrons. The first-order valence-corrected chi connectivity index (χ1v) is 10.6. The van der Waals surface area contributed by atoms with Crippen molar-refractivity contribution in [2.75, 3.05) is 0 Å². The highest BCUT2D eigenvalue weighted by Gasteiger charge is 2.75. The van der Waals surface area contributed by atoms with Gasteiger partial charge in [-0.1, -0.05) is 34.6 Å². The summed E-state index contributed by atoms with van der Waals surface area (Å²) in [5, 5.41) is 0. The summed E-state index contributed by atoms with van der Waals surface area (Å²) in [5.41, 5.74) is 0.0965. The third kappa shape index (κ3) is 2.31. The monoisotopic (exact) mass is 346 g/mol. The summed E-state index contributed by atoms with van der Waals surface area (Å²) in [7, 11) is 0. The third-order valence-corrected chi connectivity index (χ3v) is 9.01. The van der Waals surface area contributed by atoms with Gasteiger partial charge in [0.15, 0.2) is 0 Å². The smallest absolute Gasteiger partial charge is 0.312 e. The number of carbonyl (C=O) groups is 1. The SMILES string of the molecule is CC(C)C(C)(CC(C)(C)C)C(=O)OC1(C)C2CC3CC4CC1C4(C3)C2. The topological polar surface area (TPSA) is 26.3 Å². The fraction of sp³-hybridized carbons (Fsp3) is 0.957. The first-order valence-electron chi connectivity index (χ1n) is 10.6. The van der Waals surface area contributed by atoms with Crippen molar-refractivity contribution in [1.82, 2.24) is 0 Å². The van der Waals surface area contributed by atoms with E-state index in [1.54, 1.807) is 0 Å². The van der Waals surface area contributed by atoms with E-state index in [1.165, 1.54) is 32.1 Å². The highest BCUT2D eigenvalue weighted by Crippen LogP contribution is 2.78. The maximum atomic E-state index is 13.5. The minimum atomic E-state index is -0.391. The molecule has 0 aromatic carbocycles. The van der Waals surface area contributed by atoms with Gasteiger partial charge in [0.05, 0.1) is 5.41 Å².